The third-order valence-electron chi connectivity index (χ3n) is 4.34. The standard InChI is InChI=1S/C19H22N4O2S/c1-5-9-14-20-16-15(18(24)23(4)19(25)22(16)3)17(21-14)26-12(2)13-10-7-6-8-11-13/h6-8,10-12H,5,9H2,1-4H3/t12-/m1/s1. The summed E-state index contributed by atoms with van der Waals surface area (Å²) in [5, 5.41) is 1.15. The van der Waals surface area contributed by atoms with E-state index in [4.69, 9.17) is 0 Å². The van der Waals surface area contributed by atoms with Crippen molar-refractivity contribution < 1.29 is 0 Å². The molecule has 0 saturated heterocycles. The number of hydrogen-bond acceptors (Lipinski definition) is 5. The van der Waals surface area contributed by atoms with Crippen LogP contribution in [0.4, 0.5) is 0 Å². The van der Waals surface area contributed by atoms with Crippen molar-refractivity contribution in [1.29, 1.82) is 0 Å². The molecular formula is C19H22N4O2S. The first-order valence-electron chi connectivity index (χ1n) is 8.62. The number of fused-ring (bicyclic) bond motifs is 1. The number of aryl methyl sites for hydroxylation is 2. The first kappa shape index (κ1) is 18.4. The van der Waals surface area contributed by atoms with Gasteiger partial charge in [0, 0.05) is 25.8 Å². The van der Waals surface area contributed by atoms with Gasteiger partial charge in [-0.05, 0) is 18.9 Å². The third-order valence-corrected chi connectivity index (χ3v) is 5.49. The highest BCUT2D eigenvalue weighted by molar-refractivity contribution is 7.99. The predicted octanol–water partition coefficient (Wildman–Crippen LogP) is 2.83. The average Bonchev–Trinajstić information content (AvgIpc) is 2.65. The lowest BCUT2D eigenvalue weighted by atomic mass is 10.2. The summed E-state index contributed by atoms with van der Waals surface area (Å²) in [6, 6.07) is 10.1. The lowest BCUT2D eigenvalue weighted by Gasteiger charge is -2.15. The number of rotatable bonds is 5. The fourth-order valence-corrected chi connectivity index (χ4v) is 3.93. The van der Waals surface area contributed by atoms with Crippen LogP contribution < -0.4 is 11.2 Å². The van der Waals surface area contributed by atoms with Crippen LogP contribution in [-0.4, -0.2) is 19.1 Å². The quantitative estimate of drug-likeness (QED) is 0.510. The first-order chi connectivity index (χ1) is 12.4. The third kappa shape index (κ3) is 3.31. The van der Waals surface area contributed by atoms with E-state index < -0.39 is 0 Å². The van der Waals surface area contributed by atoms with Crippen LogP contribution in [0.5, 0.6) is 0 Å². The Labute approximate surface area is 155 Å². The van der Waals surface area contributed by atoms with Crippen molar-refractivity contribution >= 4 is 22.8 Å². The minimum atomic E-state index is -0.379. The molecule has 0 radical (unpaired) electrons. The van der Waals surface area contributed by atoms with Crippen LogP contribution in [0.1, 0.15) is 36.9 Å². The Bertz CT molecular complexity index is 1060. The van der Waals surface area contributed by atoms with E-state index in [2.05, 4.69) is 35.9 Å². The molecule has 3 aromatic rings. The van der Waals surface area contributed by atoms with E-state index in [1.54, 1.807) is 7.05 Å². The Morgan fingerprint density at radius 3 is 2.42 bits per heavy atom. The smallest absolute Gasteiger partial charge is 0.280 e. The molecule has 26 heavy (non-hydrogen) atoms. The molecule has 0 bridgehead atoms. The lowest BCUT2D eigenvalue weighted by molar-refractivity contribution is 0.696. The van der Waals surface area contributed by atoms with Crippen LogP contribution in [0, 0.1) is 0 Å². The molecule has 0 spiro atoms. The van der Waals surface area contributed by atoms with Crippen LogP contribution >= 0.6 is 11.8 Å². The number of nitrogens with zero attached hydrogens (tertiary/aromatic N) is 4. The molecule has 1 atom stereocenters. The molecule has 2 aromatic heterocycles. The van der Waals surface area contributed by atoms with E-state index >= 15 is 0 Å². The molecule has 0 aliphatic rings. The van der Waals surface area contributed by atoms with Crippen molar-refractivity contribution in [2.75, 3.05) is 0 Å². The fourth-order valence-electron chi connectivity index (χ4n) is 2.85. The zero-order valence-electron chi connectivity index (χ0n) is 15.4. The Kier molecular flexibility index (Phi) is 5.27. The van der Waals surface area contributed by atoms with E-state index in [-0.39, 0.29) is 16.5 Å². The maximum Gasteiger partial charge on any atom is 0.332 e. The summed E-state index contributed by atoms with van der Waals surface area (Å²) in [4.78, 5) is 34.2. The van der Waals surface area contributed by atoms with E-state index in [1.807, 2.05) is 18.2 Å². The van der Waals surface area contributed by atoms with Gasteiger partial charge in [0.1, 0.15) is 16.2 Å². The maximum absolute atomic E-state index is 12.8. The van der Waals surface area contributed by atoms with Gasteiger partial charge >= 0.3 is 5.69 Å². The van der Waals surface area contributed by atoms with E-state index in [0.29, 0.717) is 28.3 Å². The molecule has 136 valence electrons. The number of benzene rings is 1. The van der Waals surface area contributed by atoms with Crippen molar-refractivity contribution in [2.45, 2.75) is 37.0 Å². The van der Waals surface area contributed by atoms with Crippen LogP contribution in [-0.2, 0) is 20.5 Å². The fraction of sp³-hybridized carbons (Fsp3) is 0.368. The zero-order chi connectivity index (χ0) is 18.8. The molecule has 6 nitrogen and oxygen atoms in total. The second-order valence-electron chi connectivity index (χ2n) is 6.27. The van der Waals surface area contributed by atoms with Crippen molar-refractivity contribution in [3.63, 3.8) is 0 Å². The Morgan fingerprint density at radius 1 is 1.08 bits per heavy atom. The highest BCUT2D eigenvalue weighted by Gasteiger charge is 2.19. The number of aromatic nitrogens is 4. The summed E-state index contributed by atoms with van der Waals surface area (Å²) in [7, 11) is 3.13. The van der Waals surface area contributed by atoms with Crippen LogP contribution in [0.25, 0.3) is 11.0 Å². The monoisotopic (exact) mass is 370 g/mol. The lowest BCUT2D eigenvalue weighted by Crippen LogP contribution is -2.37. The summed E-state index contributed by atoms with van der Waals surface area (Å²) in [5.74, 6) is 0.658. The van der Waals surface area contributed by atoms with Gasteiger partial charge in [-0.3, -0.25) is 13.9 Å². The molecule has 0 amide bonds. The molecular weight excluding hydrogens is 348 g/mol. The highest BCUT2D eigenvalue weighted by Crippen LogP contribution is 2.35. The van der Waals surface area contributed by atoms with Gasteiger partial charge in [0.2, 0.25) is 0 Å². The molecule has 0 aliphatic heterocycles. The summed E-state index contributed by atoms with van der Waals surface area (Å²) < 4.78 is 2.54. The molecule has 0 aliphatic carbocycles. The second kappa shape index (κ2) is 7.45. The van der Waals surface area contributed by atoms with Crippen molar-refractivity contribution in [3.05, 3.63) is 62.6 Å². The summed E-state index contributed by atoms with van der Waals surface area (Å²) in [6.07, 6.45) is 1.59. The van der Waals surface area contributed by atoms with Crippen molar-refractivity contribution in [2.24, 2.45) is 14.1 Å². The normalized spacial score (nSPS) is 12.5. The van der Waals surface area contributed by atoms with E-state index in [0.717, 1.165) is 16.6 Å². The average molecular weight is 370 g/mol. The van der Waals surface area contributed by atoms with Crippen LogP contribution in [0.2, 0.25) is 0 Å². The predicted molar refractivity (Wildman–Crippen MR) is 105 cm³/mol. The van der Waals surface area contributed by atoms with Gasteiger partial charge in [-0.1, -0.05) is 49.0 Å². The van der Waals surface area contributed by atoms with Gasteiger partial charge in [-0.2, -0.15) is 0 Å². The van der Waals surface area contributed by atoms with Gasteiger partial charge < -0.3 is 0 Å². The Hall–Kier alpha value is -2.41. The van der Waals surface area contributed by atoms with Crippen LogP contribution in [0.15, 0.2) is 44.9 Å². The summed E-state index contributed by atoms with van der Waals surface area (Å²) in [6.45, 7) is 4.13. The summed E-state index contributed by atoms with van der Waals surface area (Å²) >= 11 is 1.52. The van der Waals surface area contributed by atoms with Crippen molar-refractivity contribution in [1.82, 2.24) is 19.1 Å². The largest absolute Gasteiger partial charge is 0.332 e. The highest BCUT2D eigenvalue weighted by atomic mass is 32.2. The molecule has 0 N–H and O–H groups in total. The first-order valence-corrected chi connectivity index (χ1v) is 9.50. The molecule has 0 fully saturated rings. The molecule has 2 heterocycles. The molecule has 1 aromatic carbocycles. The van der Waals surface area contributed by atoms with Gasteiger partial charge in [-0.15, -0.1) is 0 Å². The molecule has 0 saturated carbocycles. The topological polar surface area (TPSA) is 69.8 Å². The van der Waals surface area contributed by atoms with E-state index in [1.165, 1.54) is 23.4 Å². The van der Waals surface area contributed by atoms with Gasteiger partial charge in [0.25, 0.3) is 5.56 Å². The second-order valence-corrected chi connectivity index (χ2v) is 7.60. The number of thioether (sulfide) groups is 1. The van der Waals surface area contributed by atoms with E-state index in [9.17, 15) is 9.59 Å². The van der Waals surface area contributed by atoms with Gasteiger partial charge in [0.15, 0.2) is 5.65 Å². The summed E-state index contributed by atoms with van der Waals surface area (Å²) in [5.41, 5.74) is 0.826. The minimum Gasteiger partial charge on any atom is -0.280 e. The maximum atomic E-state index is 12.8. The van der Waals surface area contributed by atoms with Gasteiger partial charge in [-0.25, -0.2) is 14.8 Å². The van der Waals surface area contributed by atoms with Crippen molar-refractivity contribution in [3.8, 4) is 0 Å². The molecule has 0 unspecified atom stereocenters. The molecule has 7 heteroatoms. The number of hydrogen-bond donors (Lipinski definition) is 0. The zero-order valence-corrected chi connectivity index (χ0v) is 16.2. The van der Waals surface area contributed by atoms with Crippen LogP contribution in [0.3, 0.4) is 0 Å². The minimum absolute atomic E-state index is 0.116. The Morgan fingerprint density at radius 2 is 1.77 bits per heavy atom. The SMILES string of the molecule is CCCc1nc(S[C@H](C)c2ccccc2)c2c(=O)n(C)c(=O)n(C)c2n1. The molecule has 3 rings (SSSR count). The van der Waals surface area contributed by atoms with Gasteiger partial charge in [0.05, 0.1) is 0 Å². The Balaban J connectivity index is 2.22.